The van der Waals surface area contributed by atoms with E-state index in [2.05, 4.69) is 5.32 Å². The van der Waals surface area contributed by atoms with Gasteiger partial charge in [-0.2, -0.15) is 0 Å². The van der Waals surface area contributed by atoms with Crippen molar-refractivity contribution in [1.82, 2.24) is 5.32 Å². The van der Waals surface area contributed by atoms with Gasteiger partial charge in [0, 0.05) is 6.54 Å². The van der Waals surface area contributed by atoms with Gasteiger partial charge in [-0.3, -0.25) is 4.79 Å². The zero-order chi connectivity index (χ0) is 15.2. The van der Waals surface area contributed by atoms with E-state index in [0.29, 0.717) is 5.56 Å². The average molecular weight is 299 g/mol. The maximum absolute atomic E-state index is 12.3. The molecule has 1 amide bonds. The summed E-state index contributed by atoms with van der Waals surface area (Å²) in [6.07, 6.45) is 6.71. The van der Waals surface area contributed by atoms with Gasteiger partial charge in [-0.15, -0.1) is 0 Å². The molecule has 1 spiro atoms. The van der Waals surface area contributed by atoms with Crippen molar-refractivity contribution in [3.63, 3.8) is 0 Å². The van der Waals surface area contributed by atoms with Gasteiger partial charge in [-0.05, 0) is 68.2 Å². The van der Waals surface area contributed by atoms with E-state index < -0.39 is 0 Å². The van der Waals surface area contributed by atoms with Gasteiger partial charge in [0.05, 0.1) is 11.0 Å². The highest BCUT2D eigenvalue weighted by Gasteiger charge is 2.42. The summed E-state index contributed by atoms with van der Waals surface area (Å²) in [4.78, 5) is 24.3. The van der Waals surface area contributed by atoms with Gasteiger partial charge in [-0.1, -0.05) is 6.07 Å². The van der Waals surface area contributed by atoms with Crippen molar-refractivity contribution in [2.75, 3.05) is 6.54 Å². The lowest BCUT2D eigenvalue weighted by molar-refractivity contribution is -0.134. The van der Waals surface area contributed by atoms with Crippen LogP contribution >= 0.6 is 0 Å². The molecule has 1 aromatic carbocycles. The Kier molecular flexibility index (Phi) is 3.21. The molecule has 4 heteroatoms. The molecule has 1 N–H and O–H groups in total. The Morgan fingerprint density at radius 3 is 2.86 bits per heavy atom. The second kappa shape index (κ2) is 5.11. The molecule has 2 aliphatic carbocycles. The molecule has 0 aromatic heterocycles. The molecule has 0 bridgehead atoms. The van der Waals surface area contributed by atoms with Crippen LogP contribution in [0.25, 0.3) is 0 Å². The summed E-state index contributed by atoms with van der Waals surface area (Å²) in [5.41, 5.74) is 2.84. The largest absolute Gasteiger partial charge is 0.459 e. The summed E-state index contributed by atoms with van der Waals surface area (Å²) in [6.45, 7) is 0.805. The van der Waals surface area contributed by atoms with Crippen LogP contribution in [-0.2, 0) is 22.4 Å². The summed E-state index contributed by atoms with van der Waals surface area (Å²) < 4.78 is 5.36. The number of fused-ring (bicyclic) bond motifs is 1. The molecule has 3 aliphatic rings. The first-order valence-electron chi connectivity index (χ1n) is 8.27. The van der Waals surface area contributed by atoms with Crippen molar-refractivity contribution in [2.24, 2.45) is 5.41 Å². The number of amides is 1. The Bertz CT molecular complexity index is 635. The molecule has 22 heavy (non-hydrogen) atoms. The maximum Gasteiger partial charge on any atom is 0.338 e. The summed E-state index contributed by atoms with van der Waals surface area (Å²) >= 11 is 0. The summed E-state index contributed by atoms with van der Waals surface area (Å²) in [5.74, 6) is 0.00242. The lowest BCUT2D eigenvalue weighted by atomic mass is 9.67. The maximum atomic E-state index is 12.3. The van der Waals surface area contributed by atoms with Crippen LogP contribution in [0, 0.1) is 5.41 Å². The molecule has 0 radical (unpaired) electrons. The van der Waals surface area contributed by atoms with Crippen LogP contribution in [-0.4, -0.2) is 24.5 Å². The highest BCUT2D eigenvalue weighted by molar-refractivity contribution is 5.90. The molecule has 1 aliphatic heterocycles. The van der Waals surface area contributed by atoms with Crippen LogP contribution in [0.4, 0.5) is 0 Å². The van der Waals surface area contributed by atoms with Crippen molar-refractivity contribution >= 4 is 11.9 Å². The van der Waals surface area contributed by atoms with E-state index in [1.807, 2.05) is 18.2 Å². The Morgan fingerprint density at radius 1 is 1.23 bits per heavy atom. The monoisotopic (exact) mass is 299 g/mol. The molecule has 1 saturated carbocycles. The minimum atomic E-state index is -0.221. The van der Waals surface area contributed by atoms with E-state index in [0.717, 1.165) is 51.5 Å². The quantitative estimate of drug-likeness (QED) is 0.853. The van der Waals surface area contributed by atoms with Gasteiger partial charge in [0.25, 0.3) is 0 Å². The van der Waals surface area contributed by atoms with E-state index in [4.69, 9.17) is 4.74 Å². The Balaban J connectivity index is 1.55. The van der Waals surface area contributed by atoms with Crippen molar-refractivity contribution in [1.29, 1.82) is 0 Å². The third-order valence-corrected chi connectivity index (χ3v) is 5.24. The third-order valence-electron chi connectivity index (χ3n) is 5.24. The second-order valence-electron chi connectivity index (χ2n) is 6.90. The third kappa shape index (κ3) is 2.40. The predicted molar refractivity (Wildman–Crippen MR) is 81.6 cm³/mol. The number of rotatable bonds is 2. The molecule has 2 fully saturated rings. The van der Waals surface area contributed by atoms with Gasteiger partial charge in [-0.25, -0.2) is 4.79 Å². The van der Waals surface area contributed by atoms with E-state index in [1.54, 1.807) is 0 Å². The van der Waals surface area contributed by atoms with Gasteiger partial charge in [0.15, 0.2) is 0 Å². The average Bonchev–Trinajstić information content (AvgIpc) is 3.34. The zero-order valence-electron chi connectivity index (χ0n) is 12.7. The van der Waals surface area contributed by atoms with Crippen molar-refractivity contribution in [3.05, 3.63) is 34.9 Å². The molecule has 4 nitrogen and oxygen atoms in total. The first-order chi connectivity index (χ1) is 10.7. The standard InChI is InChI=1S/C18H21NO3/c20-16(22-15-4-5-15)13-2-3-14-11-18(8-6-12(14)10-13)7-1-9-19-17(18)21/h2-3,10,15H,1,4-9,11H2,(H,19,21)/t18-/m0/s1. The minimum absolute atomic E-state index is 0.137. The molecular formula is C18H21NO3. The highest BCUT2D eigenvalue weighted by atomic mass is 16.5. The van der Waals surface area contributed by atoms with Crippen molar-refractivity contribution in [2.45, 2.75) is 51.0 Å². The minimum Gasteiger partial charge on any atom is -0.459 e. The van der Waals surface area contributed by atoms with E-state index in [9.17, 15) is 9.59 Å². The topological polar surface area (TPSA) is 55.4 Å². The smallest absolute Gasteiger partial charge is 0.338 e. The Hall–Kier alpha value is -1.84. The second-order valence-corrected chi connectivity index (χ2v) is 6.90. The fourth-order valence-electron chi connectivity index (χ4n) is 3.73. The van der Waals surface area contributed by atoms with E-state index in [-0.39, 0.29) is 23.4 Å². The van der Waals surface area contributed by atoms with Crippen LogP contribution in [0.5, 0.6) is 0 Å². The number of benzene rings is 1. The first kappa shape index (κ1) is 13.8. The van der Waals surface area contributed by atoms with Gasteiger partial charge in [0.1, 0.15) is 6.10 Å². The molecule has 4 rings (SSSR count). The zero-order valence-corrected chi connectivity index (χ0v) is 12.7. The lowest BCUT2D eigenvalue weighted by Gasteiger charge is -2.39. The molecule has 0 unspecified atom stereocenters. The van der Waals surface area contributed by atoms with Crippen LogP contribution in [0.3, 0.4) is 0 Å². The van der Waals surface area contributed by atoms with Gasteiger partial charge < -0.3 is 10.1 Å². The number of hydrogen-bond acceptors (Lipinski definition) is 3. The SMILES string of the molecule is O=C(OC1CC1)c1ccc2c(c1)CC[C@@]1(CCCNC1=O)C2. The fourth-order valence-corrected chi connectivity index (χ4v) is 3.73. The highest BCUT2D eigenvalue weighted by Crippen LogP contribution is 2.41. The number of aryl methyl sites for hydroxylation is 1. The Morgan fingerprint density at radius 2 is 2.09 bits per heavy atom. The lowest BCUT2D eigenvalue weighted by Crippen LogP contribution is -2.48. The number of ether oxygens (including phenoxy) is 1. The number of piperidine rings is 1. The normalized spacial score (nSPS) is 27.2. The first-order valence-corrected chi connectivity index (χ1v) is 8.27. The number of nitrogens with one attached hydrogen (secondary N) is 1. The molecule has 1 heterocycles. The fraction of sp³-hybridized carbons (Fsp3) is 0.556. The van der Waals surface area contributed by atoms with Gasteiger partial charge >= 0.3 is 5.97 Å². The van der Waals surface area contributed by atoms with Crippen LogP contribution in [0.2, 0.25) is 0 Å². The summed E-state index contributed by atoms with van der Waals surface area (Å²) in [6, 6.07) is 5.83. The van der Waals surface area contributed by atoms with Crippen molar-refractivity contribution in [3.8, 4) is 0 Å². The summed E-state index contributed by atoms with van der Waals surface area (Å²) in [7, 11) is 0. The molecular weight excluding hydrogens is 278 g/mol. The number of esters is 1. The Labute approximate surface area is 130 Å². The van der Waals surface area contributed by atoms with Crippen LogP contribution < -0.4 is 5.32 Å². The van der Waals surface area contributed by atoms with Crippen LogP contribution in [0.1, 0.15) is 53.6 Å². The number of hydrogen-bond donors (Lipinski definition) is 1. The molecule has 1 saturated heterocycles. The van der Waals surface area contributed by atoms with Crippen LogP contribution in [0.15, 0.2) is 18.2 Å². The van der Waals surface area contributed by atoms with E-state index >= 15 is 0 Å². The predicted octanol–water partition coefficient (Wildman–Crippen LogP) is 2.39. The molecule has 116 valence electrons. The van der Waals surface area contributed by atoms with Gasteiger partial charge in [0.2, 0.25) is 5.91 Å². The number of carbonyl (C=O) groups is 2. The van der Waals surface area contributed by atoms with E-state index in [1.165, 1.54) is 11.1 Å². The van der Waals surface area contributed by atoms with Crippen molar-refractivity contribution < 1.29 is 14.3 Å². The molecule has 1 aromatic rings. The number of carbonyl (C=O) groups excluding carboxylic acids is 2. The molecule has 1 atom stereocenters. The summed E-state index contributed by atoms with van der Waals surface area (Å²) in [5, 5.41) is 3.02.